The summed E-state index contributed by atoms with van der Waals surface area (Å²) in [4.78, 5) is 28.3. The van der Waals surface area contributed by atoms with Gasteiger partial charge in [0.2, 0.25) is 5.91 Å². The van der Waals surface area contributed by atoms with E-state index in [1.807, 2.05) is 6.07 Å². The van der Waals surface area contributed by atoms with E-state index in [0.717, 1.165) is 5.56 Å². The molecule has 2 amide bonds. The molecular formula is C22H26N2O4. The predicted octanol–water partition coefficient (Wildman–Crippen LogP) is 2.56. The molecule has 0 unspecified atom stereocenters. The van der Waals surface area contributed by atoms with Crippen molar-refractivity contribution in [3.8, 4) is 11.5 Å². The molecule has 0 spiro atoms. The van der Waals surface area contributed by atoms with E-state index in [9.17, 15) is 9.59 Å². The van der Waals surface area contributed by atoms with Crippen LogP contribution >= 0.6 is 0 Å². The van der Waals surface area contributed by atoms with Crippen molar-refractivity contribution in [3.05, 3.63) is 59.2 Å². The van der Waals surface area contributed by atoms with E-state index in [1.54, 1.807) is 35.1 Å². The highest BCUT2D eigenvalue weighted by Crippen LogP contribution is 2.19. The van der Waals surface area contributed by atoms with E-state index < -0.39 is 0 Å². The van der Waals surface area contributed by atoms with Crippen molar-refractivity contribution in [2.24, 2.45) is 0 Å². The zero-order valence-electron chi connectivity index (χ0n) is 16.6. The number of amides is 2. The highest BCUT2D eigenvalue weighted by molar-refractivity contribution is 5.86. The van der Waals surface area contributed by atoms with E-state index in [4.69, 9.17) is 9.47 Å². The maximum atomic E-state index is 12.5. The van der Waals surface area contributed by atoms with Gasteiger partial charge in [-0.1, -0.05) is 24.3 Å². The Hall–Kier alpha value is -3.02. The summed E-state index contributed by atoms with van der Waals surface area (Å²) in [6.45, 7) is 5.74. The van der Waals surface area contributed by atoms with E-state index in [0.29, 0.717) is 31.1 Å². The maximum absolute atomic E-state index is 12.5. The van der Waals surface area contributed by atoms with Crippen LogP contribution in [0.15, 0.2) is 42.5 Å². The smallest absolute Gasteiger partial charge is 0.261 e. The molecule has 0 saturated carbocycles. The Kier molecular flexibility index (Phi) is 6.19. The molecule has 1 fully saturated rings. The summed E-state index contributed by atoms with van der Waals surface area (Å²) in [6.07, 6.45) is 0. The lowest BCUT2D eigenvalue weighted by Gasteiger charge is -2.34. The van der Waals surface area contributed by atoms with Crippen molar-refractivity contribution in [2.45, 2.75) is 20.4 Å². The number of hydrogen-bond acceptors (Lipinski definition) is 4. The first-order valence-corrected chi connectivity index (χ1v) is 9.35. The molecule has 0 radical (unpaired) electrons. The van der Waals surface area contributed by atoms with E-state index in [1.165, 1.54) is 11.1 Å². The van der Waals surface area contributed by atoms with Gasteiger partial charge in [-0.15, -0.1) is 0 Å². The van der Waals surface area contributed by atoms with Crippen LogP contribution < -0.4 is 9.47 Å². The third-order valence-corrected chi connectivity index (χ3v) is 5.02. The molecule has 1 saturated heterocycles. The van der Waals surface area contributed by atoms with Gasteiger partial charge in [0, 0.05) is 25.7 Å². The van der Waals surface area contributed by atoms with Crippen LogP contribution in [0.2, 0.25) is 0 Å². The van der Waals surface area contributed by atoms with Gasteiger partial charge in [0.15, 0.2) is 6.61 Å². The normalized spacial score (nSPS) is 14.2. The lowest BCUT2D eigenvalue weighted by Crippen LogP contribution is -2.52. The molecule has 0 N–H and O–H groups in total. The summed E-state index contributed by atoms with van der Waals surface area (Å²) in [6, 6.07) is 13.3. The Labute approximate surface area is 165 Å². The van der Waals surface area contributed by atoms with Gasteiger partial charge in [-0.2, -0.15) is 0 Å². The molecule has 6 heteroatoms. The van der Waals surface area contributed by atoms with E-state index in [2.05, 4.69) is 32.0 Å². The minimum atomic E-state index is -0.193. The third kappa shape index (κ3) is 4.82. The van der Waals surface area contributed by atoms with Gasteiger partial charge in [-0.05, 0) is 42.7 Å². The van der Waals surface area contributed by atoms with Gasteiger partial charge in [0.1, 0.15) is 11.5 Å². The largest absolute Gasteiger partial charge is 0.497 e. The van der Waals surface area contributed by atoms with Crippen LogP contribution in [0, 0.1) is 13.8 Å². The van der Waals surface area contributed by atoms with Gasteiger partial charge in [0.25, 0.3) is 5.91 Å². The van der Waals surface area contributed by atoms with Crippen LogP contribution in [-0.2, 0) is 16.1 Å². The first-order valence-electron chi connectivity index (χ1n) is 9.35. The SMILES string of the molecule is COc1cccc(OCC(=O)N2CCN(Cc3ccc(C)c(C)c3)C(=O)C2)c1. The summed E-state index contributed by atoms with van der Waals surface area (Å²) in [5.74, 6) is 0.994. The predicted molar refractivity (Wildman–Crippen MR) is 106 cm³/mol. The van der Waals surface area contributed by atoms with Gasteiger partial charge >= 0.3 is 0 Å². The van der Waals surface area contributed by atoms with Gasteiger partial charge in [-0.25, -0.2) is 0 Å². The van der Waals surface area contributed by atoms with Crippen LogP contribution in [0.5, 0.6) is 11.5 Å². The van der Waals surface area contributed by atoms with Crippen LogP contribution in [0.3, 0.4) is 0 Å². The molecule has 1 aliphatic heterocycles. The summed E-state index contributed by atoms with van der Waals surface area (Å²) < 4.78 is 10.7. The van der Waals surface area contributed by atoms with Crippen molar-refractivity contribution < 1.29 is 19.1 Å². The third-order valence-electron chi connectivity index (χ3n) is 5.02. The standard InChI is InChI=1S/C22H26N2O4/c1-16-7-8-18(11-17(16)2)13-23-9-10-24(14-21(23)25)22(26)15-28-20-6-4-5-19(12-20)27-3/h4-8,11-12H,9-10,13-15H2,1-3H3. The molecule has 28 heavy (non-hydrogen) atoms. The number of carbonyl (C=O) groups excluding carboxylic acids is 2. The molecule has 3 rings (SSSR count). The molecule has 2 aromatic carbocycles. The lowest BCUT2D eigenvalue weighted by atomic mass is 10.1. The zero-order chi connectivity index (χ0) is 20.1. The van der Waals surface area contributed by atoms with Crippen LogP contribution in [0.25, 0.3) is 0 Å². The summed E-state index contributed by atoms with van der Waals surface area (Å²) in [5.41, 5.74) is 3.56. The fourth-order valence-corrected chi connectivity index (χ4v) is 3.14. The number of rotatable bonds is 6. The molecular weight excluding hydrogens is 356 g/mol. The number of aryl methyl sites for hydroxylation is 2. The second-order valence-corrected chi connectivity index (χ2v) is 7.02. The number of piperazine rings is 1. The van der Waals surface area contributed by atoms with Crippen molar-refractivity contribution in [2.75, 3.05) is 33.4 Å². The molecule has 148 valence electrons. The molecule has 2 aromatic rings. The fourth-order valence-electron chi connectivity index (χ4n) is 3.14. The summed E-state index contributed by atoms with van der Waals surface area (Å²) >= 11 is 0. The number of ether oxygens (including phenoxy) is 2. The average Bonchev–Trinajstić information content (AvgIpc) is 2.70. The number of nitrogens with zero attached hydrogens (tertiary/aromatic N) is 2. The average molecular weight is 382 g/mol. The van der Waals surface area contributed by atoms with E-state index in [-0.39, 0.29) is 25.0 Å². The molecule has 6 nitrogen and oxygen atoms in total. The van der Waals surface area contributed by atoms with Crippen molar-refractivity contribution in [1.29, 1.82) is 0 Å². The first kappa shape index (κ1) is 19.7. The Morgan fingerprint density at radius 3 is 2.54 bits per heavy atom. The van der Waals surface area contributed by atoms with Crippen molar-refractivity contribution in [3.63, 3.8) is 0 Å². The zero-order valence-corrected chi connectivity index (χ0v) is 16.6. The number of benzene rings is 2. The summed E-state index contributed by atoms with van der Waals surface area (Å²) in [5, 5.41) is 0. The maximum Gasteiger partial charge on any atom is 0.261 e. The second kappa shape index (κ2) is 8.78. The van der Waals surface area contributed by atoms with E-state index >= 15 is 0 Å². The van der Waals surface area contributed by atoms with Crippen molar-refractivity contribution in [1.82, 2.24) is 9.80 Å². The first-order chi connectivity index (χ1) is 13.5. The highest BCUT2D eigenvalue weighted by atomic mass is 16.5. The Bertz CT molecular complexity index is 865. The quantitative estimate of drug-likeness (QED) is 0.771. The monoisotopic (exact) mass is 382 g/mol. The van der Waals surface area contributed by atoms with Crippen molar-refractivity contribution >= 4 is 11.8 Å². The molecule has 0 bridgehead atoms. The topological polar surface area (TPSA) is 59.1 Å². The number of methoxy groups -OCH3 is 1. The minimum Gasteiger partial charge on any atom is -0.497 e. The number of carbonyl (C=O) groups is 2. The molecule has 0 aromatic heterocycles. The van der Waals surface area contributed by atoms with Gasteiger partial charge in [0.05, 0.1) is 13.7 Å². The Morgan fingerprint density at radius 1 is 1.04 bits per heavy atom. The highest BCUT2D eigenvalue weighted by Gasteiger charge is 2.27. The fraction of sp³-hybridized carbons (Fsp3) is 0.364. The van der Waals surface area contributed by atoms with Crippen LogP contribution in [0.1, 0.15) is 16.7 Å². The van der Waals surface area contributed by atoms with Crippen LogP contribution in [-0.4, -0.2) is 55.0 Å². The Balaban J connectivity index is 1.51. The Morgan fingerprint density at radius 2 is 1.82 bits per heavy atom. The molecule has 0 aliphatic carbocycles. The van der Waals surface area contributed by atoms with Crippen LogP contribution in [0.4, 0.5) is 0 Å². The molecule has 1 heterocycles. The lowest BCUT2D eigenvalue weighted by molar-refractivity contribution is -0.146. The van der Waals surface area contributed by atoms with Gasteiger partial charge in [-0.3, -0.25) is 9.59 Å². The number of hydrogen-bond donors (Lipinski definition) is 0. The second-order valence-electron chi connectivity index (χ2n) is 7.02. The summed E-state index contributed by atoms with van der Waals surface area (Å²) in [7, 11) is 1.58. The molecule has 1 aliphatic rings. The minimum absolute atomic E-state index is 0.0424. The molecule has 0 atom stereocenters. The van der Waals surface area contributed by atoms with Gasteiger partial charge < -0.3 is 19.3 Å².